The van der Waals surface area contributed by atoms with E-state index in [1.165, 1.54) is 185 Å². The number of nitrogens with zero attached hydrogens (tertiary/aromatic N) is 1. The molecule has 0 saturated carbocycles. The molecule has 0 unspecified atom stereocenters. The van der Waals surface area contributed by atoms with Crippen molar-refractivity contribution in [1.82, 2.24) is 0 Å². The normalized spacial score (nSPS) is 11.4. The van der Waals surface area contributed by atoms with Gasteiger partial charge in [-0.25, -0.2) is 4.79 Å². The molecule has 0 fully saturated rings. The maximum absolute atomic E-state index is 8.56. The van der Waals surface area contributed by atoms with Crippen LogP contribution in [-0.2, 0) is 0 Å². The standard InChI is InChI=1S/C32H68N.CH2O3/c1-5-9-13-17-21-25-29-33(30-26-22-18-14-10-6-2,31-27-23-19-15-11-7-3)32-28-24-20-16-12-8-4;2-1(3)4/h5-32H2,1-4H3;(H2,2,3,4)/q+1;. The fourth-order valence-electron chi connectivity index (χ4n) is 5.58. The van der Waals surface area contributed by atoms with Gasteiger partial charge in [0.1, 0.15) is 0 Å². The van der Waals surface area contributed by atoms with Crippen LogP contribution in [0.3, 0.4) is 0 Å². The molecule has 0 radical (unpaired) electrons. The highest BCUT2D eigenvalue weighted by Gasteiger charge is 2.25. The van der Waals surface area contributed by atoms with Crippen molar-refractivity contribution in [2.24, 2.45) is 0 Å². The number of carboxylic acid groups (broad SMARTS) is 2. The molecule has 2 N–H and O–H groups in total. The van der Waals surface area contributed by atoms with E-state index in [2.05, 4.69) is 27.7 Å². The maximum atomic E-state index is 8.56. The summed E-state index contributed by atoms with van der Waals surface area (Å²) < 4.78 is 1.48. The summed E-state index contributed by atoms with van der Waals surface area (Å²) in [6.07, 6.45) is 32.9. The summed E-state index contributed by atoms with van der Waals surface area (Å²) in [4.78, 5) is 8.56. The van der Waals surface area contributed by atoms with Crippen molar-refractivity contribution in [3.63, 3.8) is 0 Å². The Labute approximate surface area is 233 Å². The molecule has 0 aliphatic rings. The Hall–Kier alpha value is -0.770. The highest BCUT2D eigenvalue weighted by atomic mass is 16.6. The number of hydrogen-bond donors (Lipinski definition) is 2. The molecule has 0 saturated heterocycles. The smallest absolute Gasteiger partial charge is 0.450 e. The second-order valence-corrected chi connectivity index (χ2v) is 11.6. The second kappa shape index (κ2) is 31.4. The summed E-state index contributed by atoms with van der Waals surface area (Å²) in [5, 5.41) is 13.9. The third-order valence-electron chi connectivity index (χ3n) is 7.94. The molecular weight excluding hydrogens is 458 g/mol. The SMILES string of the molecule is CCCCCCCC[N+](CCCCCCCC)(CCCCCCCC)CCCCCCCC.O=C(O)O. The van der Waals surface area contributed by atoms with Gasteiger partial charge in [0.25, 0.3) is 0 Å². The minimum Gasteiger partial charge on any atom is -0.450 e. The average molecular weight is 529 g/mol. The van der Waals surface area contributed by atoms with E-state index in [0.717, 1.165) is 0 Å². The zero-order valence-corrected chi connectivity index (χ0v) is 26.0. The molecule has 0 rings (SSSR count). The molecule has 0 aromatic carbocycles. The first-order valence-corrected chi connectivity index (χ1v) is 16.7. The zero-order chi connectivity index (χ0) is 27.9. The van der Waals surface area contributed by atoms with Gasteiger partial charge in [0.2, 0.25) is 0 Å². The maximum Gasteiger partial charge on any atom is 0.503 e. The highest BCUT2D eigenvalue weighted by Crippen LogP contribution is 2.20. The molecule has 0 spiro atoms. The van der Waals surface area contributed by atoms with Crippen LogP contribution in [0.5, 0.6) is 0 Å². The predicted octanol–water partition coefficient (Wildman–Crippen LogP) is 11.5. The first-order valence-electron chi connectivity index (χ1n) is 16.7. The van der Waals surface area contributed by atoms with Crippen molar-refractivity contribution in [3.8, 4) is 0 Å². The Balaban J connectivity index is 0. The van der Waals surface area contributed by atoms with Gasteiger partial charge in [-0.3, -0.25) is 0 Å². The van der Waals surface area contributed by atoms with Gasteiger partial charge in [-0.2, -0.15) is 0 Å². The van der Waals surface area contributed by atoms with Crippen molar-refractivity contribution >= 4 is 6.16 Å². The quantitative estimate of drug-likeness (QED) is 0.0784. The Bertz CT molecular complexity index is 368. The largest absolute Gasteiger partial charge is 0.503 e. The number of carbonyl (C=O) groups is 1. The third kappa shape index (κ3) is 31.3. The summed E-state index contributed by atoms with van der Waals surface area (Å²) in [5.74, 6) is 0. The van der Waals surface area contributed by atoms with Crippen molar-refractivity contribution in [3.05, 3.63) is 0 Å². The average Bonchev–Trinajstić information content (AvgIpc) is 2.87. The molecular formula is C33H70NO3+. The van der Waals surface area contributed by atoms with E-state index in [0.29, 0.717) is 0 Å². The number of unbranched alkanes of at least 4 members (excludes halogenated alkanes) is 20. The topological polar surface area (TPSA) is 57.5 Å². The Morgan fingerprint density at radius 1 is 0.378 bits per heavy atom. The van der Waals surface area contributed by atoms with Crippen LogP contribution >= 0.6 is 0 Å². The van der Waals surface area contributed by atoms with Gasteiger partial charge < -0.3 is 14.7 Å². The molecule has 4 heteroatoms. The van der Waals surface area contributed by atoms with Crippen molar-refractivity contribution in [2.45, 2.75) is 182 Å². The number of rotatable bonds is 28. The van der Waals surface area contributed by atoms with E-state index < -0.39 is 6.16 Å². The van der Waals surface area contributed by atoms with Crippen LogP contribution in [0.15, 0.2) is 0 Å². The lowest BCUT2D eigenvalue weighted by molar-refractivity contribution is -0.929. The van der Waals surface area contributed by atoms with Crippen molar-refractivity contribution in [2.75, 3.05) is 26.2 Å². The molecule has 0 bridgehead atoms. The van der Waals surface area contributed by atoms with E-state index in [1.807, 2.05) is 0 Å². The van der Waals surface area contributed by atoms with Crippen molar-refractivity contribution in [1.29, 1.82) is 0 Å². The number of quaternary nitrogens is 1. The van der Waals surface area contributed by atoms with Gasteiger partial charge in [0, 0.05) is 0 Å². The van der Waals surface area contributed by atoms with Crippen LogP contribution in [0, 0.1) is 0 Å². The molecule has 0 aromatic heterocycles. The Kier molecular flexibility index (Phi) is 32.6. The minimum absolute atomic E-state index is 1.37. The van der Waals surface area contributed by atoms with Gasteiger partial charge in [-0.15, -0.1) is 0 Å². The third-order valence-corrected chi connectivity index (χ3v) is 7.94. The van der Waals surface area contributed by atoms with Gasteiger partial charge in [-0.1, -0.05) is 130 Å². The van der Waals surface area contributed by atoms with Crippen LogP contribution < -0.4 is 0 Å². The molecule has 0 aliphatic heterocycles. The Morgan fingerprint density at radius 3 is 0.730 bits per heavy atom. The fourth-order valence-corrected chi connectivity index (χ4v) is 5.58. The monoisotopic (exact) mass is 529 g/mol. The van der Waals surface area contributed by atoms with Gasteiger partial charge in [0.05, 0.1) is 26.2 Å². The fraction of sp³-hybridized carbons (Fsp3) is 0.970. The summed E-state index contributed by atoms with van der Waals surface area (Å²) in [5.41, 5.74) is 0. The van der Waals surface area contributed by atoms with Crippen LogP contribution in [-0.4, -0.2) is 47.0 Å². The van der Waals surface area contributed by atoms with E-state index in [-0.39, 0.29) is 0 Å². The van der Waals surface area contributed by atoms with Gasteiger partial charge in [-0.05, 0) is 51.4 Å². The van der Waals surface area contributed by atoms with E-state index in [1.54, 1.807) is 0 Å². The molecule has 0 aromatic rings. The van der Waals surface area contributed by atoms with Crippen LogP contribution in [0.1, 0.15) is 182 Å². The molecule has 224 valence electrons. The summed E-state index contributed by atoms with van der Waals surface area (Å²) in [6.45, 7) is 15.3. The molecule has 0 heterocycles. The van der Waals surface area contributed by atoms with Crippen LogP contribution in [0.4, 0.5) is 4.79 Å². The summed E-state index contributed by atoms with van der Waals surface area (Å²) in [7, 11) is 0. The van der Waals surface area contributed by atoms with E-state index in [9.17, 15) is 0 Å². The lowest BCUT2D eigenvalue weighted by atomic mass is 10.0. The summed E-state index contributed by atoms with van der Waals surface area (Å²) in [6, 6.07) is 0. The minimum atomic E-state index is -1.83. The van der Waals surface area contributed by atoms with Gasteiger partial charge in [0.15, 0.2) is 0 Å². The lowest BCUT2D eigenvalue weighted by Crippen LogP contribution is -2.50. The first kappa shape index (κ1) is 38.4. The molecule has 0 aliphatic carbocycles. The molecule has 4 nitrogen and oxygen atoms in total. The molecule has 0 amide bonds. The lowest BCUT2D eigenvalue weighted by Gasteiger charge is -2.40. The predicted molar refractivity (Wildman–Crippen MR) is 164 cm³/mol. The van der Waals surface area contributed by atoms with E-state index >= 15 is 0 Å². The zero-order valence-electron chi connectivity index (χ0n) is 26.0. The first-order chi connectivity index (χ1) is 18.0. The summed E-state index contributed by atoms with van der Waals surface area (Å²) >= 11 is 0. The van der Waals surface area contributed by atoms with Crippen LogP contribution in [0.2, 0.25) is 0 Å². The second-order valence-electron chi connectivity index (χ2n) is 11.6. The molecule has 0 atom stereocenters. The van der Waals surface area contributed by atoms with Gasteiger partial charge >= 0.3 is 6.16 Å². The Morgan fingerprint density at radius 2 is 0.541 bits per heavy atom. The van der Waals surface area contributed by atoms with E-state index in [4.69, 9.17) is 15.0 Å². The molecule has 37 heavy (non-hydrogen) atoms. The highest BCUT2D eigenvalue weighted by molar-refractivity contribution is 5.53. The van der Waals surface area contributed by atoms with Crippen LogP contribution in [0.25, 0.3) is 0 Å². The van der Waals surface area contributed by atoms with Crippen molar-refractivity contribution < 1.29 is 19.5 Å². The number of hydrogen-bond acceptors (Lipinski definition) is 1.